The zero-order chi connectivity index (χ0) is 7.56. The van der Waals surface area contributed by atoms with E-state index in [1.165, 1.54) is 0 Å². The van der Waals surface area contributed by atoms with E-state index in [1.54, 1.807) is 0 Å². The Morgan fingerprint density at radius 1 is 1.40 bits per heavy atom. The Hall–Kier alpha value is -0.630. The van der Waals surface area contributed by atoms with Crippen LogP contribution in [0.4, 0.5) is 0 Å². The standard InChI is InChI=1S/C7H12N2O/c8-6-1-2-7(9)5(3-6)4-10/h6-7H,1-3,8-9H2. The van der Waals surface area contributed by atoms with Crippen LogP contribution < -0.4 is 11.5 Å². The third-order valence-corrected chi connectivity index (χ3v) is 1.91. The van der Waals surface area contributed by atoms with Gasteiger partial charge in [-0.2, -0.15) is 0 Å². The van der Waals surface area contributed by atoms with Crippen LogP contribution in [-0.4, -0.2) is 18.0 Å². The van der Waals surface area contributed by atoms with Gasteiger partial charge in [0.25, 0.3) is 0 Å². The number of nitrogens with two attached hydrogens (primary N) is 2. The van der Waals surface area contributed by atoms with Gasteiger partial charge in [-0.15, -0.1) is 0 Å². The van der Waals surface area contributed by atoms with Crippen molar-refractivity contribution in [2.24, 2.45) is 11.5 Å². The Morgan fingerprint density at radius 2 is 2.10 bits per heavy atom. The zero-order valence-corrected chi connectivity index (χ0v) is 5.84. The lowest BCUT2D eigenvalue weighted by molar-refractivity contribution is 0.472. The molecule has 0 radical (unpaired) electrons. The fourth-order valence-electron chi connectivity index (χ4n) is 1.22. The van der Waals surface area contributed by atoms with Crippen LogP contribution >= 0.6 is 0 Å². The van der Waals surface area contributed by atoms with Crippen LogP contribution in [0.1, 0.15) is 19.3 Å². The summed E-state index contributed by atoms with van der Waals surface area (Å²) in [7, 11) is 0. The van der Waals surface area contributed by atoms with E-state index in [9.17, 15) is 4.79 Å². The van der Waals surface area contributed by atoms with E-state index in [0.717, 1.165) is 12.8 Å². The van der Waals surface area contributed by atoms with Gasteiger partial charge in [-0.25, -0.2) is 4.79 Å². The van der Waals surface area contributed by atoms with Crippen molar-refractivity contribution in [1.29, 1.82) is 0 Å². The summed E-state index contributed by atoms with van der Waals surface area (Å²) >= 11 is 0. The second kappa shape index (κ2) is 2.97. The minimum absolute atomic E-state index is 0.0858. The predicted molar refractivity (Wildman–Crippen MR) is 39.0 cm³/mol. The summed E-state index contributed by atoms with van der Waals surface area (Å²) in [5, 5.41) is 0. The molecule has 1 saturated carbocycles. The van der Waals surface area contributed by atoms with Gasteiger partial charge in [-0.3, -0.25) is 0 Å². The van der Waals surface area contributed by atoms with Crippen molar-refractivity contribution in [3.63, 3.8) is 0 Å². The molecule has 1 rings (SSSR count). The highest BCUT2D eigenvalue weighted by molar-refractivity contribution is 5.55. The molecule has 56 valence electrons. The number of hydrogen-bond acceptors (Lipinski definition) is 3. The van der Waals surface area contributed by atoms with E-state index in [0.29, 0.717) is 12.0 Å². The van der Waals surface area contributed by atoms with Crippen molar-refractivity contribution in [3.05, 3.63) is 5.57 Å². The predicted octanol–water partition coefficient (Wildman–Crippen LogP) is -0.417. The lowest BCUT2D eigenvalue weighted by atomic mass is 9.88. The van der Waals surface area contributed by atoms with E-state index in [2.05, 4.69) is 0 Å². The van der Waals surface area contributed by atoms with Gasteiger partial charge in [0, 0.05) is 17.7 Å². The molecular formula is C7H12N2O. The van der Waals surface area contributed by atoms with E-state index in [4.69, 9.17) is 11.5 Å². The fraction of sp³-hybridized carbons (Fsp3) is 0.714. The maximum Gasteiger partial charge on any atom is 0.125 e. The highest BCUT2D eigenvalue weighted by Crippen LogP contribution is 2.18. The summed E-state index contributed by atoms with van der Waals surface area (Å²) in [5.74, 6) is 1.85. The lowest BCUT2D eigenvalue weighted by Crippen LogP contribution is -2.35. The topological polar surface area (TPSA) is 69.1 Å². The van der Waals surface area contributed by atoms with Crippen LogP contribution in [0.25, 0.3) is 0 Å². The Balaban J connectivity index is 2.63. The SMILES string of the molecule is NC1CCC(N)C(=C=O)C1. The Kier molecular flexibility index (Phi) is 2.22. The highest BCUT2D eigenvalue weighted by atomic mass is 16.1. The molecular weight excluding hydrogens is 128 g/mol. The molecule has 0 saturated heterocycles. The average molecular weight is 140 g/mol. The smallest absolute Gasteiger partial charge is 0.125 e. The quantitative estimate of drug-likeness (QED) is 0.449. The summed E-state index contributed by atoms with van der Waals surface area (Å²) in [6.45, 7) is 0. The van der Waals surface area contributed by atoms with Crippen molar-refractivity contribution in [3.8, 4) is 0 Å². The number of carbonyl (C=O) groups excluding carboxylic acids is 1. The molecule has 1 fully saturated rings. The summed E-state index contributed by atoms with van der Waals surface area (Å²) in [6.07, 6.45) is 2.38. The van der Waals surface area contributed by atoms with Gasteiger partial charge in [0.15, 0.2) is 0 Å². The molecule has 2 unspecified atom stereocenters. The number of hydrogen-bond donors (Lipinski definition) is 2. The summed E-state index contributed by atoms with van der Waals surface area (Å²) in [5.41, 5.74) is 11.9. The molecule has 0 spiro atoms. The molecule has 0 aromatic heterocycles. The zero-order valence-electron chi connectivity index (χ0n) is 5.84. The third kappa shape index (κ3) is 1.45. The Labute approximate surface area is 60.1 Å². The molecule has 4 N–H and O–H groups in total. The molecule has 10 heavy (non-hydrogen) atoms. The van der Waals surface area contributed by atoms with Gasteiger partial charge < -0.3 is 11.5 Å². The van der Waals surface area contributed by atoms with E-state index < -0.39 is 0 Å². The Bertz CT molecular complexity index is 172. The maximum atomic E-state index is 10.2. The molecule has 3 nitrogen and oxygen atoms in total. The molecule has 0 amide bonds. The lowest BCUT2D eigenvalue weighted by Gasteiger charge is -2.23. The minimum Gasteiger partial charge on any atom is -0.327 e. The van der Waals surface area contributed by atoms with Crippen LogP contribution in [0.3, 0.4) is 0 Å². The largest absolute Gasteiger partial charge is 0.327 e. The molecule has 1 aliphatic rings. The maximum absolute atomic E-state index is 10.2. The molecule has 0 heterocycles. The van der Waals surface area contributed by atoms with Crippen molar-refractivity contribution < 1.29 is 4.79 Å². The second-order valence-electron chi connectivity index (χ2n) is 2.78. The first kappa shape index (κ1) is 7.48. The number of rotatable bonds is 0. The van der Waals surface area contributed by atoms with Crippen molar-refractivity contribution in [2.75, 3.05) is 0 Å². The van der Waals surface area contributed by atoms with Crippen LogP contribution in [0.2, 0.25) is 0 Å². The van der Waals surface area contributed by atoms with Crippen molar-refractivity contribution >= 4 is 5.94 Å². The Morgan fingerprint density at radius 3 is 2.60 bits per heavy atom. The second-order valence-corrected chi connectivity index (χ2v) is 2.78. The first-order chi connectivity index (χ1) is 4.74. The molecule has 3 heteroatoms. The van der Waals surface area contributed by atoms with Crippen LogP contribution in [0.5, 0.6) is 0 Å². The minimum atomic E-state index is -0.0858. The van der Waals surface area contributed by atoms with Crippen molar-refractivity contribution in [2.45, 2.75) is 31.3 Å². The highest BCUT2D eigenvalue weighted by Gasteiger charge is 2.20. The van der Waals surface area contributed by atoms with Gasteiger partial charge in [0.05, 0.1) is 0 Å². The molecule has 2 atom stereocenters. The average Bonchev–Trinajstić information content (AvgIpc) is 1.94. The molecule has 1 aliphatic carbocycles. The van der Waals surface area contributed by atoms with E-state index in [-0.39, 0.29) is 12.1 Å². The summed E-state index contributed by atoms with van der Waals surface area (Å²) in [6, 6.07) is 0.0357. The first-order valence-electron chi connectivity index (χ1n) is 3.49. The van der Waals surface area contributed by atoms with Gasteiger partial charge in [-0.05, 0) is 19.3 Å². The fourth-order valence-corrected chi connectivity index (χ4v) is 1.22. The van der Waals surface area contributed by atoms with Crippen LogP contribution in [-0.2, 0) is 4.79 Å². The van der Waals surface area contributed by atoms with E-state index in [1.807, 2.05) is 5.94 Å². The molecule has 0 aromatic carbocycles. The molecule has 0 bridgehead atoms. The van der Waals surface area contributed by atoms with Gasteiger partial charge >= 0.3 is 0 Å². The van der Waals surface area contributed by atoms with Gasteiger partial charge in [0.1, 0.15) is 5.94 Å². The normalized spacial score (nSPS) is 33.6. The van der Waals surface area contributed by atoms with Gasteiger partial charge in [0.2, 0.25) is 0 Å². The van der Waals surface area contributed by atoms with Crippen LogP contribution in [0.15, 0.2) is 5.57 Å². The first-order valence-corrected chi connectivity index (χ1v) is 3.49. The molecule has 0 aromatic rings. The van der Waals surface area contributed by atoms with Crippen molar-refractivity contribution in [1.82, 2.24) is 0 Å². The van der Waals surface area contributed by atoms with Gasteiger partial charge in [-0.1, -0.05) is 0 Å². The third-order valence-electron chi connectivity index (χ3n) is 1.91. The monoisotopic (exact) mass is 140 g/mol. The van der Waals surface area contributed by atoms with Crippen LogP contribution in [0, 0.1) is 0 Å². The summed E-state index contributed by atoms with van der Waals surface area (Å²) in [4.78, 5) is 10.2. The summed E-state index contributed by atoms with van der Waals surface area (Å²) < 4.78 is 0. The van der Waals surface area contributed by atoms with E-state index >= 15 is 0 Å². The molecule has 0 aliphatic heterocycles.